The number of benzene rings is 2. The van der Waals surface area contributed by atoms with Crippen molar-refractivity contribution in [3.05, 3.63) is 65.9 Å². The smallest absolute Gasteiger partial charge is 0.287 e. The van der Waals surface area contributed by atoms with Gasteiger partial charge in [-0.1, -0.05) is 48.5 Å². The number of nitrogens with zero attached hydrogens (tertiary/aromatic N) is 2. The Morgan fingerprint density at radius 2 is 1.58 bits per heavy atom. The molecule has 0 aliphatic heterocycles. The molecule has 0 spiro atoms. The molecule has 19 heavy (non-hydrogen) atoms. The molecule has 0 unspecified atom stereocenters. The summed E-state index contributed by atoms with van der Waals surface area (Å²) in [4.78, 5) is 1.45. The summed E-state index contributed by atoms with van der Waals surface area (Å²) in [5, 5.41) is 16.1. The highest BCUT2D eigenvalue weighted by atomic mass is 32.2. The maximum absolute atomic E-state index is 11.7. The van der Waals surface area contributed by atoms with E-state index in [4.69, 9.17) is 4.63 Å². The second-order valence-corrected chi connectivity index (χ2v) is 4.93. The molecule has 4 nitrogen and oxygen atoms in total. The van der Waals surface area contributed by atoms with E-state index in [1.54, 1.807) is 0 Å². The zero-order valence-electron chi connectivity index (χ0n) is 9.89. The Kier molecular flexibility index (Phi) is 3.20. The van der Waals surface area contributed by atoms with Crippen LogP contribution in [0.25, 0.3) is 11.3 Å². The third-order valence-electron chi connectivity index (χ3n) is 2.59. The molecule has 0 amide bonds. The minimum absolute atomic E-state index is 0.439. The summed E-state index contributed by atoms with van der Waals surface area (Å²) in [6.45, 7) is 0. The lowest BCUT2D eigenvalue weighted by Gasteiger charge is -1.98. The van der Waals surface area contributed by atoms with Gasteiger partial charge in [0.2, 0.25) is 5.69 Å². The molecule has 94 valence electrons. The van der Waals surface area contributed by atoms with E-state index in [0.29, 0.717) is 15.6 Å². The standard InChI is InChI=1S/C14H10N2O2S/c17-16-13(11-7-3-1-4-8-11)14(15-18-16)19-12-9-5-2-6-10-12/h1-10H. The molecule has 1 heterocycles. The van der Waals surface area contributed by atoms with Crippen molar-refractivity contribution < 1.29 is 9.53 Å². The summed E-state index contributed by atoms with van der Waals surface area (Å²) in [6, 6.07) is 19.1. The Morgan fingerprint density at radius 3 is 2.26 bits per heavy atom. The van der Waals surface area contributed by atoms with Crippen LogP contribution < -0.4 is 4.90 Å². The van der Waals surface area contributed by atoms with Gasteiger partial charge < -0.3 is 5.21 Å². The normalized spacial score (nSPS) is 10.5. The Labute approximate surface area is 114 Å². The van der Waals surface area contributed by atoms with Gasteiger partial charge in [-0.3, -0.25) is 4.63 Å². The van der Waals surface area contributed by atoms with Crippen LogP contribution in [0.5, 0.6) is 0 Å². The predicted octanol–water partition coefficient (Wildman–Crippen LogP) is 3.13. The van der Waals surface area contributed by atoms with Crippen LogP contribution in [-0.2, 0) is 0 Å². The van der Waals surface area contributed by atoms with E-state index in [1.165, 1.54) is 11.8 Å². The summed E-state index contributed by atoms with van der Waals surface area (Å²) in [5.41, 5.74) is 1.23. The molecular weight excluding hydrogens is 260 g/mol. The SMILES string of the molecule is [O-][n+]1onc(Sc2ccccc2)c1-c1ccccc1. The minimum Gasteiger partial charge on any atom is -0.359 e. The zero-order chi connectivity index (χ0) is 13.1. The van der Waals surface area contributed by atoms with Crippen LogP contribution in [0.3, 0.4) is 0 Å². The molecule has 0 saturated carbocycles. The second kappa shape index (κ2) is 5.16. The first-order chi connectivity index (χ1) is 9.34. The number of aromatic nitrogens is 2. The zero-order valence-corrected chi connectivity index (χ0v) is 10.7. The summed E-state index contributed by atoms with van der Waals surface area (Å²) < 4.78 is 4.71. The third kappa shape index (κ3) is 2.46. The van der Waals surface area contributed by atoms with Crippen molar-refractivity contribution >= 4 is 11.8 Å². The Hall–Kier alpha value is -2.27. The lowest BCUT2D eigenvalue weighted by Crippen LogP contribution is -2.25. The fourth-order valence-electron chi connectivity index (χ4n) is 1.73. The van der Waals surface area contributed by atoms with Crippen molar-refractivity contribution in [1.29, 1.82) is 0 Å². The van der Waals surface area contributed by atoms with Gasteiger partial charge in [0, 0.05) is 10.5 Å². The van der Waals surface area contributed by atoms with Gasteiger partial charge in [0.25, 0.3) is 5.03 Å². The van der Waals surface area contributed by atoms with Gasteiger partial charge in [-0.05, 0) is 28.8 Å². The predicted molar refractivity (Wildman–Crippen MR) is 71.5 cm³/mol. The molecule has 0 fully saturated rings. The molecule has 2 aromatic carbocycles. The molecule has 0 radical (unpaired) electrons. The van der Waals surface area contributed by atoms with Crippen LogP contribution in [-0.4, -0.2) is 5.16 Å². The first-order valence-electron chi connectivity index (χ1n) is 5.72. The van der Waals surface area contributed by atoms with Gasteiger partial charge in [0.1, 0.15) is 0 Å². The van der Waals surface area contributed by atoms with Gasteiger partial charge in [0.15, 0.2) is 0 Å². The van der Waals surface area contributed by atoms with E-state index in [-0.39, 0.29) is 0 Å². The molecule has 3 aromatic rings. The minimum atomic E-state index is 0.439. The Balaban J connectivity index is 2.00. The van der Waals surface area contributed by atoms with Gasteiger partial charge in [0.05, 0.1) is 5.16 Å². The quantitative estimate of drug-likeness (QED) is 0.686. The van der Waals surface area contributed by atoms with Crippen molar-refractivity contribution in [2.75, 3.05) is 0 Å². The molecule has 0 N–H and O–H groups in total. The number of hydrogen-bond donors (Lipinski definition) is 0. The highest BCUT2D eigenvalue weighted by molar-refractivity contribution is 7.99. The molecule has 0 atom stereocenters. The van der Waals surface area contributed by atoms with Crippen LogP contribution in [0.1, 0.15) is 0 Å². The van der Waals surface area contributed by atoms with Crippen molar-refractivity contribution in [3.8, 4) is 11.3 Å². The molecule has 3 rings (SSSR count). The van der Waals surface area contributed by atoms with Crippen molar-refractivity contribution in [3.63, 3.8) is 0 Å². The van der Waals surface area contributed by atoms with Gasteiger partial charge in [-0.2, -0.15) is 0 Å². The molecular formula is C14H10N2O2S. The van der Waals surface area contributed by atoms with Crippen LogP contribution in [0.2, 0.25) is 0 Å². The summed E-state index contributed by atoms with van der Waals surface area (Å²) in [6.07, 6.45) is 0. The highest BCUT2D eigenvalue weighted by Gasteiger charge is 2.21. The maximum Gasteiger partial charge on any atom is 0.287 e. The third-order valence-corrected chi connectivity index (χ3v) is 3.56. The van der Waals surface area contributed by atoms with Crippen molar-refractivity contribution in [2.24, 2.45) is 0 Å². The molecule has 0 aliphatic carbocycles. The van der Waals surface area contributed by atoms with E-state index in [1.807, 2.05) is 60.7 Å². The summed E-state index contributed by atoms with van der Waals surface area (Å²) in [5.74, 6) is 0. The number of hydrogen-bond acceptors (Lipinski definition) is 4. The topological polar surface area (TPSA) is 53.0 Å². The van der Waals surface area contributed by atoms with Crippen LogP contribution in [0, 0.1) is 5.21 Å². The van der Waals surface area contributed by atoms with Crippen LogP contribution in [0.15, 0.2) is 75.2 Å². The van der Waals surface area contributed by atoms with Crippen LogP contribution in [0.4, 0.5) is 0 Å². The van der Waals surface area contributed by atoms with Gasteiger partial charge in [-0.15, -0.1) is 0 Å². The molecule has 0 aliphatic rings. The average molecular weight is 270 g/mol. The molecule has 0 saturated heterocycles. The summed E-state index contributed by atoms with van der Waals surface area (Å²) in [7, 11) is 0. The van der Waals surface area contributed by atoms with Crippen molar-refractivity contribution in [2.45, 2.75) is 9.92 Å². The van der Waals surface area contributed by atoms with Crippen molar-refractivity contribution in [1.82, 2.24) is 5.16 Å². The van der Waals surface area contributed by atoms with E-state index in [2.05, 4.69) is 5.16 Å². The fraction of sp³-hybridized carbons (Fsp3) is 0. The number of rotatable bonds is 3. The maximum atomic E-state index is 11.7. The molecule has 1 aromatic heterocycles. The van der Waals surface area contributed by atoms with E-state index >= 15 is 0 Å². The summed E-state index contributed by atoms with van der Waals surface area (Å²) >= 11 is 1.40. The van der Waals surface area contributed by atoms with E-state index in [0.717, 1.165) is 10.5 Å². The lowest BCUT2D eigenvalue weighted by atomic mass is 10.2. The lowest BCUT2D eigenvalue weighted by molar-refractivity contribution is -0.793. The first kappa shape index (κ1) is 11.8. The largest absolute Gasteiger partial charge is 0.359 e. The monoisotopic (exact) mass is 270 g/mol. The Bertz CT molecular complexity index is 668. The first-order valence-corrected chi connectivity index (χ1v) is 6.54. The van der Waals surface area contributed by atoms with Gasteiger partial charge >= 0.3 is 0 Å². The van der Waals surface area contributed by atoms with E-state index < -0.39 is 0 Å². The average Bonchev–Trinajstić information content (AvgIpc) is 2.82. The second-order valence-electron chi connectivity index (χ2n) is 3.86. The Morgan fingerprint density at radius 1 is 0.947 bits per heavy atom. The van der Waals surface area contributed by atoms with E-state index in [9.17, 15) is 5.21 Å². The van der Waals surface area contributed by atoms with Crippen LogP contribution >= 0.6 is 11.8 Å². The van der Waals surface area contributed by atoms with Gasteiger partial charge in [-0.25, -0.2) is 0 Å². The fourth-order valence-corrected chi connectivity index (χ4v) is 2.60. The highest BCUT2D eigenvalue weighted by Crippen LogP contribution is 2.32. The molecule has 0 bridgehead atoms. The molecule has 5 heteroatoms.